The largest absolute Gasteiger partial charge is 0.496 e. The summed E-state index contributed by atoms with van der Waals surface area (Å²) >= 11 is 3.56. The molecular formula is C24H25N3OS2. The van der Waals surface area contributed by atoms with Gasteiger partial charge in [-0.3, -0.25) is 0 Å². The summed E-state index contributed by atoms with van der Waals surface area (Å²) in [4.78, 5) is 3.66. The maximum Gasteiger partial charge on any atom is 0.127 e. The summed E-state index contributed by atoms with van der Waals surface area (Å²) in [7, 11) is 1.74. The van der Waals surface area contributed by atoms with Crippen LogP contribution in [-0.4, -0.2) is 43.8 Å². The Hall–Kier alpha value is -2.41. The number of hydrogen-bond donors (Lipinski definition) is 1. The zero-order valence-electron chi connectivity index (χ0n) is 17.3. The zero-order chi connectivity index (χ0) is 20.7. The quantitative estimate of drug-likeness (QED) is 0.516. The topological polar surface area (TPSA) is 27.7 Å². The van der Waals surface area contributed by atoms with Crippen LogP contribution < -0.4 is 15.0 Å². The van der Waals surface area contributed by atoms with E-state index in [-0.39, 0.29) is 0 Å². The fourth-order valence-corrected chi connectivity index (χ4v) is 5.71. The van der Waals surface area contributed by atoms with Gasteiger partial charge in [0.25, 0.3) is 0 Å². The molecule has 2 aromatic carbocycles. The summed E-state index contributed by atoms with van der Waals surface area (Å²) in [5.74, 6) is 0.890. The van der Waals surface area contributed by atoms with Crippen LogP contribution in [0.15, 0.2) is 54.4 Å². The summed E-state index contributed by atoms with van der Waals surface area (Å²) in [6.45, 7) is 8.53. The third kappa shape index (κ3) is 3.29. The van der Waals surface area contributed by atoms with Gasteiger partial charge in [-0.05, 0) is 47.5 Å². The molecule has 4 nitrogen and oxygen atoms in total. The molecular weight excluding hydrogens is 410 g/mol. The smallest absolute Gasteiger partial charge is 0.127 e. The van der Waals surface area contributed by atoms with Crippen molar-refractivity contribution in [3.63, 3.8) is 0 Å². The van der Waals surface area contributed by atoms with Crippen LogP contribution in [0.2, 0.25) is 0 Å². The maximum absolute atomic E-state index is 5.79. The van der Waals surface area contributed by atoms with Crippen LogP contribution in [0.1, 0.15) is 4.88 Å². The first-order valence-corrected chi connectivity index (χ1v) is 12.2. The first-order valence-electron chi connectivity index (χ1n) is 10.1. The highest BCUT2D eigenvalue weighted by atomic mass is 32.2. The molecule has 0 aliphatic carbocycles. The first kappa shape index (κ1) is 19.5. The molecule has 0 atom stereocenters. The van der Waals surface area contributed by atoms with Gasteiger partial charge in [0, 0.05) is 59.9 Å². The van der Waals surface area contributed by atoms with Gasteiger partial charge < -0.3 is 15.0 Å². The van der Waals surface area contributed by atoms with Crippen LogP contribution in [0.5, 0.6) is 5.75 Å². The number of thiophene rings is 1. The summed E-state index contributed by atoms with van der Waals surface area (Å²) in [6.07, 6.45) is 2.15. The number of fused-ring (bicyclic) bond motifs is 3. The van der Waals surface area contributed by atoms with Crippen LogP contribution in [0.3, 0.4) is 0 Å². The van der Waals surface area contributed by atoms with Crippen molar-refractivity contribution < 1.29 is 4.74 Å². The Morgan fingerprint density at radius 3 is 2.47 bits per heavy atom. The SMILES string of the molecule is C=C1Nc2ccc(OC)c(-c3ccc(N4CCN(SC)CC4)cc3)c2-c2ccsc21. The van der Waals surface area contributed by atoms with Gasteiger partial charge >= 0.3 is 0 Å². The van der Waals surface area contributed by atoms with Gasteiger partial charge in [-0.1, -0.05) is 30.7 Å². The molecule has 2 aliphatic rings. The molecule has 1 fully saturated rings. The summed E-state index contributed by atoms with van der Waals surface area (Å²) < 4.78 is 8.21. The summed E-state index contributed by atoms with van der Waals surface area (Å²) in [5, 5.41) is 5.61. The number of hydrogen-bond acceptors (Lipinski definition) is 6. The fraction of sp³-hybridized carbons (Fsp3) is 0.250. The van der Waals surface area contributed by atoms with E-state index in [9.17, 15) is 0 Å². The van der Waals surface area contributed by atoms with Crippen molar-refractivity contribution in [1.29, 1.82) is 0 Å². The minimum absolute atomic E-state index is 0.890. The lowest BCUT2D eigenvalue weighted by Crippen LogP contribution is -2.43. The molecule has 30 heavy (non-hydrogen) atoms. The number of piperazine rings is 1. The number of benzene rings is 2. The number of ether oxygens (including phenoxy) is 1. The van der Waals surface area contributed by atoms with Crippen molar-refractivity contribution in [2.75, 3.05) is 49.8 Å². The Bertz CT molecular complexity index is 1080. The average Bonchev–Trinajstić information content (AvgIpc) is 3.29. The fourth-order valence-electron chi connectivity index (χ4n) is 4.35. The molecule has 0 spiro atoms. The molecule has 3 aromatic rings. The Morgan fingerprint density at radius 1 is 1.00 bits per heavy atom. The Morgan fingerprint density at radius 2 is 1.77 bits per heavy atom. The van der Waals surface area contributed by atoms with E-state index in [4.69, 9.17) is 4.74 Å². The van der Waals surface area contributed by atoms with E-state index in [2.05, 4.69) is 69.1 Å². The first-order chi connectivity index (χ1) is 14.7. The summed E-state index contributed by atoms with van der Waals surface area (Å²) in [5.41, 5.74) is 8.05. The molecule has 0 radical (unpaired) electrons. The molecule has 0 bridgehead atoms. The van der Waals surface area contributed by atoms with Crippen LogP contribution >= 0.6 is 23.3 Å². The van der Waals surface area contributed by atoms with E-state index < -0.39 is 0 Å². The number of nitrogens with zero attached hydrogens (tertiary/aromatic N) is 2. The van der Waals surface area contributed by atoms with Gasteiger partial charge in [-0.25, -0.2) is 4.31 Å². The van der Waals surface area contributed by atoms with Crippen molar-refractivity contribution in [2.24, 2.45) is 0 Å². The monoisotopic (exact) mass is 435 g/mol. The van der Waals surface area contributed by atoms with Crippen LogP contribution in [0.4, 0.5) is 11.4 Å². The van der Waals surface area contributed by atoms with Crippen molar-refractivity contribution in [2.45, 2.75) is 0 Å². The maximum atomic E-state index is 5.79. The van der Waals surface area contributed by atoms with Gasteiger partial charge in [0.05, 0.1) is 12.0 Å². The second-order valence-electron chi connectivity index (χ2n) is 7.48. The lowest BCUT2D eigenvalue weighted by atomic mass is 9.90. The molecule has 5 rings (SSSR count). The Labute approximate surface area is 186 Å². The van der Waals surface area contributed by atoms with Gasteiger partial charge in [0.15, 0.2) is 0 Å². The highest BCUT2D eigenvalue weighted by molar-refractivity contribution is 7.96. The zero-order valence-corrected chi connectivity index (χ0v) is 18.9. The van der Waals surface area contributed by atoms with Crippen LogP contribution in [0, 0.1) is 0 Å². The van der Waals surface area contributed by atoms with E-state index in [0.29, 0.717) is 0 Å². The minimum Gasteiger partial charge on any atom is -0.496 e. The van der Waals surface area contributed by atoms with Crippen LogP contribution in [0.25, 0.3) is 28.0 Å². The Balaban J connectivity index is 1.54. The lowest BCUT2D eigenvalue weighted by molar-refractivity contribution is 0.416. The lowest BCUT2D eigenvalue weighted by Gasteiger charge is -2.34. The highest BCUT2D eigenvalue weighted by Crippen LogP contribution is 2.50. The number of anilines is 2. The predicted octanol–water partition coefficient (Wildman–Crippen LogP) is 5.89. The van der Waals surface area contributed by atoms with Gasteiger partial charge in [-0.15, -0.1) is 11.3 Å². The molecule has 1 aromatic heterocycles. The Kier molecular flexibility index (Phi) is 5.23. The molecule has 154 valence electrons. The number of rotatable bonds is 4. The second-order valence-corrected chi connectivity index (χ2v) is 9.28. The molecule has 2 aliphatic heterocycles. The highest BCUT2D eigenvalue weighted by Gasteiger charge is 2.26. The van der Waals surface area contributed by atoms with Gasteiger partial charge in [0.1, 0.15) is 5.75 Å². The molecule has 1 saturated heterocycles. The summed E-state index contributed by atoms with van der Waals surface area (Å²) in [6, 6.07) is 15.3. The standard InChI is InChI=1S/C24H25N3OS2/c1-16-24-19(10-15-30-24)23-20(25-16)8-9-21(28-2)22(23)17-4-6-18(7-5-17)26-11-13-27(29-3)14-12-26/h4-10,15,25H,1,11-14H2,2-3H3. The van der Waals surface area contributed by atoms with Crippen LogP contribution in [-0.2, 0) is 0 Å². The number of methoxy groups -OCH3 is 1. The number of nitrogens with one attached hydrogen (secondary N) is 1. The van der Waals surface area contributed by atoms with Gasteiger partial charge in [0.2, 0.25) is 0 Å². The van der Waals surface area contributed by atoms with Crippen molar-refractivity contribution >= 4 is 40.4 Å². The molecule has 0 unspecified atom stereocenters. The van der Waals surface area contributed by atoms with E-state index in [1.807, 2.05) is 18.0 Å². The van der Waals surface area contributed by atoms with Crippen molar-refractivity contribution in [3.8, 4) is 28.0 Å². The minimum atomic E-state index is 0.890. The van der Waals surface area contributed by atoms with Gasteiger partial charge in [-0.2, -0.15) is 0 Å². The van der Waals surface area contributed by atoms with Crippen molar-refractivity contribution in [1.82, 2.24) is 4.31 Å². The molecule has 6 heteroatoms. The molecule has 0 amide bonds. The predicted molar refractivity (Wildman–Crippen MR) is 132 cm³/mol. The van der Waals surface area contributed by atoms with Crippen molar-refractivity contribution in [3.05, 3.63) is 59.3 Å². The van der Waals surface area contributed by atoms with E-state index >= 15 is 0 Å². The molecule has 1 N–H and O–H groups in total. The van der Waals surface area contributed by atoms with E-state index in [1.54, 1.807) is 18.4 Å². The molecule has 0 saturated carbocycles. The van der Waals surface area contributed by atoms with E-state index in [0.717, 1.165) is 48.9 Å². The third-order valence-corrected chi connectivity index (χ3v) is 7.75. The normalized spacial score (nSPS) is 16.1. The molecule has 3 heterocycles. The average molecular weight is 436 g/mol. The van der Waals surface area contributed by atoms with E-state index in [1.165, 1.54) is 27.3 Å². The third-order valence-electron chi connectivity index (χ3n) is 5.90. The second kappa shape index (κ2) is 8.02.